The molecule has 0 saturated heterocycles. The topological polar surface area (TPSA) is 107 Å². The molecule has 1 aromatic heterocycles. The zero-order chi connectivity index (χ0) is 23.4. The van der Waals surface area contributed by atoms with Gasteiger partial charge in [0.1, 0.15) is 5.82 Å². The van der Waals surface area contributed by atoms with E-state index in [9.17, 15) is 24.1 Å². The van der Waals surface area contributed by atoms with Crippen LogP contribution in [0, 0.1) is 21.8 Å². The van der Waals surface area contributed by atoms with Gasteiger partial charge in [0.25, 0.3) is 11.2 Å². The molecule has 1 N–H and O–H groups in total. The fraction of sp³-hybridized carbons (Fsp3) is 0.286. The van der Waals surface area contributed by atoms with Crippen LogP contribution in [-0.4, -0.2) is 26.1 Å². The normalized spacial score (nSPS) is 11.2. The van der Waals surface area contributed by atoms with Crippen LogP contribution in [0.15, 0.2) is 46.3 Å². The molecule has 0 aliphatic heterocycles. The molecule has 3 aromatic rings. The number of carbonyl (C=O) groups excluding carboxylic acids is 1. The molecule has 32 heavy (non-hydrogen) atoms. The summed E-state index contributed by atoms with van der Waals surface area (Å²) in [5, 5.41) is 14.4. The molecule has 0 spiro atoms. The zero-order valence-electron chi connectivity index (χ0n) is 17.3. The number of halogens is 2. The molecule has 0 fully saturated rings. The van der Waals surface area contributed by atoms with Gasteiger partial charge in [-0.05, 0) is 36.6 Å². The first-order valence-corrected chi connectivity index (χ1v) is 11.1. The van der Waals surface area contributed by atoms with Gasteiger partial charge in [-0.15, -0.1) is 0 Å². The number of fused-ring (bicyclic) bond motifs is 1. The number of benzene rings is 2. The van der Waals surface area contributed by atoms with Crippen LogP contribution in [0.25, 0.3) is 10.9 Å². The van der Waals surface area contributed by atoms with Gasteiger partial charge in [0.05, 0.1) is 27.3 Å². The maximum atomic E-state index is 13.9. The number of nitrogens with zero attached hydrogens (tertiary/aromatic N) is 3. The molecule has 0 aliphatic rings. The Bertz CT molecular complexity index is 1250. The highest BCUT2D eigenvalue weighted by Crippen LogP contribution is 2.24. The number of thioether (sulfide) groups is 1. The van der Waals surface area contributed by atoms with Gasteiger partial charge in [-0.25, -0.2) is 9.37 Å². The number of nitro groups is 1. The highest BCUT2D eigenvalue weighted by molar-refractivity contribution is 7.99. The first kappa shape index (κ1) is 23.7. The van der Waals surface area contributed by atoms with Gasteiger partial charge in [-0.1, -0.05) is 37.2 Å². The highest BCUT2D eigenvalue weighted by atomic mass is 35.5. The average Bonchev–Trinajstić information content (AvgIpc) is 2.72. The van der Waals surface area contributed by atoms with Crippen molar-refractivity contribution in [3.8, 4) is 0 Å². The van der Waals surface area contributed by atoms with E-state index >= 15 is 0 Å². The second-order valence-electron chi connectivity index (χ2n) is 7.45. The predicted molar refractivity (Wildman–Crippen MR) is 123 cm³/mol. The highest BCUT2D eigenvalue weighted by Gasteiger charge is 2.16. The van der Waals surface area contributed by atoms with E-state index in [1.165, 1.54) is 4.57 Å². The Hall–Kier alpha value is -2.98. The second-order valence-corrected chi connectivity index (χ2v) is 8.83. The number of non-ortho nitro benzene ring substituents is 1. The molecule has 0 unspecified atom stereocenters. The van der Waals surface area contributed by atoms with Crippen LogP contribution in [0.2, 0.25) is 5.02 Å². The van der Waals surface area contributed by atoms with Crippen molar-refractivity contribution in [1.82, 2.24) is 9.55 Å². The first-order valence-electron chi connectivity index (χ1n) is 9.72. The fourth-order valence-electron chi connectivity index (χ4n) is 2.91. The number of hydrogen-bond acceptors (Lipinski definition) is 6. The maximum absolute atomic E-state index is 13.9. The number of carbonyl (C=O) groups is 1. The SMILES string of the molecule is CC(C)CCn1c(SCC(=O)Nc2cc([N+](=O)[O-])ccc2F)nc2cc(Cl)ccc2c1=O. The van der Waals surface area contributed by atoms with E-state index in [0.717, 1.165) is 36.4 Å². The Morgan fingerprint density at radius 2 is 2.06 bits per heavy atom. The van der Waals surface area contributed by atoms with E-state index in [2.05, 4.69) is 10.3 Å². The third-order valence-corrected chi connectivity index (χ3v) is 5.79. The number of anilines is 1. The summed E-state index contributed by atoms with van der Waals surface area (Å²) in [6.45, 7) is 4.49. The van der Waals surface area contributed by atoms with E-state index in [4.69, 9.17) is 11.6 Å². The summed E-state index contributed by atoms with van der Waals surface area (Å²) in [7, 11) is 0. The van der Waals surface area contributed by atoms with Crippen molar-refractivity contribution >= 4 is 51.5 Å². The minimum absolute atomic E-state index is 0.178. The molecule has 1 heterocycles. The van der Waals surface area contributed by atoms with Gasteiger partial charge in [0, 0.05) is 23.7 Å². The first-order chi connectivity index (χ1) is 15.2. The quantitative estimate of drug-likeness (QED) is 0.214. The van der Waals surface area contributed by atoms with Crippen LogP contribution in [-0.2, 0) is 11.3 Å². The molecular formula is C21H20ClFN4O4S. The summed E-state index contributed by atoms with van der Waals surface area (Å²) in [4.78, 5) is 40.1. The lowest BCUT2D eigenvalue weighted by Crippen LogP contribution is -2.25. The molecule has 0 radical (unpaired) electrons. The molecule has 0 aliphatic carbocycles. The molecule has 8 nitrogen and oxygen atoms in total. The van der Waals surface area contributed by atoms with E-state index in [0.29, 0.717) is 33.5 Å². The molecule has 0 bridgehead atoms. The third-order valence-electron chi connectivity index (χ3n) is 4.58. The maximum Gasteiger partial charge on any atom is 0.271 e. The second kappa shape index (κ2) is 10.1. The summed E-state index contributed by atoms with van der Waals surface area (Å²) in [5.41, 5.74) is -0.457. The van der Waals surface area contributed by atoms with Crippen molar-refractivity contribution in [2.24, 2.45) is 5.92 Å². The molecule has 1 amide bonds. The molecule has 2 aromatic carbocycles. The Labute approximate surface area is 191 Å². The lowest BCUT2D eigenvalue weighted by Gasteiger charge is -2.14. The summed E-state index contributed by atoms with van der Waals surface area (Å²) >= 11 is 7.05. The smallest absolute Gasteiger partial charge is 0.271 e. The van der Waals surface area contributed by atoms with Crippen molar-refractivity contribution in [2.45, 2.75) is 32.0 Å². The monoisotopic (exact) mass is 478 g/mol. The third kappa shape index (κ3) is 5.63. The van der Waals surface area contributed by atoms with Gasteiger partial charge in [0.2, 0.25) is 5.91 Å². The molecular weight excluding hydrogens is 459 g/mol. The summed E-state index contributed by atoms with van der Waals surface area (Å²) in [6.07, 6.45) is 0.735. The number of rotatable bonds is 8. The Morgan fingerprint density at radius 3 is 2.75 bits per heavy atom. The van der Waals surface area contributed by atoms with Crippen LogP contribution in [0.4, 0.5) is 15.8 Å². The summed E-state index contributed by atoms with van der Waals surface area (Å²) in [5.74, 6) is -1.21. The lowest BCUT2D eigenvalue weighted by molar-refractivity contribution is -0.384. The molecule has 168 valence electrons. The van der Waals surface area contributed by atoms with Gasteiger partial charge in [-0.3, -0.25) is 24.3 Å². The van der Waals surface area contributed by atoms with Crippen molar-refractivity contribution in [2.75, 3.05) is 11.1 Å². The van der Waals surface area contributed by atoms with Gasteiger partial charge in [-0.2, -0.15) is 0 Å². The lowest BCUT2D eigenvalue weighted by atomic mass is 10.1. The fourth-order valence-corrected chi connectivity index (χ4v) is 3.90. The number of amides is 1. The van der Waals surface area contributed by atoms with E-state index in [-0.39, 0.29) is 22.7 Å². The Morgan fingerprint density at radius 1 is 1.31 bits per heavy atom. The van der Waals surface area contributed by atoms with Crippen molar-refractivity contribution < 1.29 is 14.1 Å². The van der Waals surface area contributed by atoms with Crippen LogP contribution < -0.4 is 10.9 Å². The van der Waals surface area contributed by atoms with Crippen LogP contribution >= 0.6 is 23.4 Å². The van der Waals surface area contributed by atoms with Gasteiger partial charge < -0.3 is 5.32 Å². The standard InChI is InChI=1S/C21H20ClFN4O4S/c1-12(2)7-8-26-20(29)15-5-3-13(22)9-17(15)25-21(26)32-11-19(28)24-18-10-14(27(30)31)4-6-16(18)23/h3-6,9-10,12H,7-8,11H2,1-2H3,(H,24,28). The van der Waals surface area contributed by atoms with Crippen LogP contribution in [0.5, 0.6) is 0 Å². The zero-order valence-corrected chi connectivity index (χ0v) is 18.9. The van der Waals surface area contributed by atoms with Crippen molar-refractivity contribution in [3.63, 3.8) is 0 Å². The van der Waals surface area contributed by atoms with Gasteiger partial charge >= 0.3 is 0 Å². The predicted octanol–water partition coefficient (Wildman–Crippen LogP) is 4.87. The Balaban J connectivity index is 1.85. The summed E-state index contributed by atoms with van der Waals surface area (Å²) < 4.78 is 15.5. The van der Waals surface area contributed by atoms with Crippen LogP contribution in [0.1, 0.15) is 20.3 Å². The van der Waals surface area contributed by atoms with Crippen molar-refractivity contribution in [1.29, 1.82) is 0 Å². The molecule has 0 saturated carbocycles. The van der Waals surface area contributed by atoms with E-state index in [1.54, 1.807) is 18.2 Å². The number of aromatic nitrogens is 2. The average molecular weight is 479 g/mol. The minimum Gasteiger partial charge on any atom is -0.323 e. The molecule has 11 heteroatoms. The Kier molecular flexibility index (Phi) is 7.47. The summed E-state index contributed by atoms with van der Waals surface area (Å²) in [6, 6.07) is 7.69. The van der Waals surface area contributed by atoms with Crippen LogP contribution in [0.3, 0.4) is 0 Å². The number of nitrogens with one attached hydrogen (secondary N) is 1. The molecule has 0 atom stereocenters. The largest absolute Gasteiger partial charge is 0.323 e. The number of hydrogen-bond donors (Lipinski definition) is 1. The van der Waals surface area contributed by atoms with Gasteiger partial charge in [0.15, 0.2) is 5.16 Å². The van der Waals surface area contributed by atoms with E-state index in [1.807, 2.05) is 13.8 Å². The van der Waals surface area contributed by atoms with E-state index < -0.39 is 16.6 Å². The number of nitro benzene ring substituents is 1. The van der Waals surface area contributed by atoms with Crippen molar-refractivity contribution in [3.05, 3.63) is 67.7 Å². The molecule has 3 rings (SSSR count). The minimum atomic E-state index is -0.790.